The molecule has 1 atom stereocenters. The largest absolute Gasteiger partial charge is 0.356 e. The minimum absolute atomic E-state index is 0.508. The molecule has 1 fully saturated rings. The Hall–Kier alpha value is -1.93. The van der Waals surface area contributed by atoms with Gasteiger partial charge in [-0.1, -0.05) is 0 Å². The zero-order chi connectivity index (χ0) is 13.9. The van der Waals surface area contributed by atoms with Crippen molar-refractivity contribution >= 4 is 21.7 Å². The van der Waals surface area contributed by atoms with E-state index in [1.54, 1.807) is 6.20 Å². The summed E-state index contributed by atoms with van der Waals surface area (Å²) in [6.07, 6.45) is 6.48. The van der Waals surface area contributed by atoms with Crippen molar-refractivity contribution in [3.63, 3.8) is 0 Å². The molecule has 4 nitrogen and oxygen atoms in total. The summed E-state index contributed by atoms with van der Waals surface area (Å²) in [6.45, 7) is 1.90. The van der Waals surface area contributed by atoms with Gasteiger partial charge in [0.1, 0.15) is 11.9 Å². The number of rotatable bonds is 2. The lowest BCUT2D eigenvalue weighted by Crippen LogP contribution is -2.20. The van der Waals surface area contributed by atoms with Crippen LogP contribution >= 0.6 is 15.9 Å². The van der Waals surface area contributed by atoms with Gasteiger partial charge in [0.05, 0.1) is 10.0 Å². The number of nitriles is 1. The molecule has 0 bridgehead atoms. The maximum Gasteiger partial charge on any atom is 0.129 e. The van der Waals surface area contributed by atoms with Crippen molar-refractivity contribution in [2.45, 2.75) is 12.3 Å². The Bertz CT molecular complexity index is 651. The molecule has 0 saturated carbocycles. The summed E-state index contributed by atoms with van der Waals surface area (Å²) >= 11 is 3.34. The van der Waals surface area contributed by atoms with E-state index < -0.39 is 0 Å². The van der Waals surface area contributed by atoms with E-state index >= 15 is 0 Å². The van der Waals surface area contributed by atoms with Gasteiger partial charge < -0.3 is 4.90 Å². The molecule has 1 unspecified atom stereocenters. The molecule has 100 valence electrons. The summed E-state index contributed by atoms with van der Waals surface area (Å²) in [5.41, 5.74) is 1.95. The standard InChI is InChI=1S/C15H13BrN4/c16-14-9-19-15(7-13(14)8-17)20-6-3-12(10-20)11-1-4-18-5-2-11/h1-2,4-5,7,9,12H,3,6,10H2. The summed E-state index contributed by atoms with van der Waals surface area (Å²) in [5, 5.41) is 9.08. The molecule has 0 spiro atoms. The first-order valence-corrected chi connectivity index (χ1v) is 7.28. The van der Waals surface area contributed by atoms with Gasteiger partial charge in [-0.2, -0.15) is 5.26 Å². The number of anilines is 1. The van der Waals surface area contributed by atoms with E-state index in [0.717, 1.165) is 29.8 Å². The van der Waals surface area contributed by atoms with Gasteiger partial charge in [0.2, 0.25) is 0 Å². The lowest BCUT2D eigenvalue weighted by molar-refractivity contribution is 0.772. The zero-order valence-electron chi connectivity index (χ0n) is 10.8. The Morgan fingerprint density at radius 2 is 2.15 bits per heavy atom. The van der Waals surface area contributed by atoms with Crippen LogP contribution in [0.5, 0.6) is 0 Å². The predicted octanol–water partition coefficient (Wildman–Crippen LogP) is 3.10. The zero-order valence-corrected chi connectivity index (χ0v) is 12.4. The number of hydrogen-bond acceptors (Lipinski definition) is 4. The van der Waals surface area contributed by atoms with Crippen molar-refractivity contribution in [1.29, 1.82) is 5.26 Å². The van der Waals surface area contributed by atoms with Gasteiger partial charge in [-0.3, -0.25) is 4.98 Å². The van der Waals surface area contributed by atoms with Gasteiger partial charge in [-0.05, 0) is 46.1 Å². The van der Waals surface area contributed by atoms with E-state index in [1.807, 2.05) is 18.5 Å². The lowest BCUT2D eigenvalue weighted by Gasteiger charge is -2.18. The van der Waals surface area contributed by atoms with Crippen molar-refractivity contribution in [2.24, 2.45) is 0 Å². The van der Waals surface area contributed by atoms with Crippen molar-refractivity contribution < 1.29 is 0 Å². The normalized spacial score (nSPS) is 18.0. The van der Waals surface area contributed by atoms with Crippen LogP contribution < -0.4 is 4.90 Å². The van der Waals surface area contributed by atoms with Crippen molar-refractivity contribution in [3.05, 3.63) is 52.4 Å². The monoisotopic (exact) mass is 328 g/mol. The molecule has 0 amide bonds. The van der Waals surface area contributed by atoms with Crippen LogP contribution in [0.25, 0.3) is 0 Å². The third kappa shape index (κ3) is 2.52. The van der Waals surface area contributed by atoms with Crippen LogP contribution in [0.2, 0.25) is 0 Å². The molecule has 5 heteroatoms. The summed E-state index contributed by atoms with van der Waals surface area (Å²) in [6, 6.07) is 8.17. The van der Waals surface area contributed by atoms with Gasteiger partial charge in [0.25, 0.3) is 0 Å². The molecule has 0 aliphatic carbocycles. The van der Waals surface area contributed by atoms with Crippen LogP contribution in [0.4, 0.5) is 5.82 Å². The van der Waals surface area contributed by atoms with Crippen LogP contribution in [-0.4, -0.2) is 23.1 Å². The maximum absolute atomic E-state index is 9.08. The Kier molecular flexibility index (Phi) is 3.66. The quantitative estimate of drug-likeness (QED) is 0.849. The van der Waals surface area contributed by atoms with Crippen molar-refractivity contribution in [1.82, 2.24) is 9.97 Å². The van der Waals surface area contributed by atoms with Crippen LogP contribution in [0.15, 0.2) is 41.3 Å². The highest BCUT2D eigenvalue weighted by atomic mass is 79.9. The summed E-state index contributed by atoms with van der Waals surface area (Å²) < 4.78 is 0.744. The Balaban J connectivity index is 1.79. The van der Waals surface area contributed by atoms with E-state index in [1.165, 1.54) is 5.56 Å². The second-order valence-corrected chi connectivity index (χ2v) is 5.70. The average Bonchev–Trinajstić information content (AvgIpc) is 2.98. The molecule has 0 N–H and O–H groups in total. The van der Waals surface area contributed by atoms with Crippen LogP contribution in [0.3, 0.4) is 0 Å². The fourth-order valence-electron chi connectivity index (χ4n) is 2.56. The third-order valence-electron chi connectivity index (χ3n) is 3.65. The van der Waals surface area contributed by atoms with Gasteiger partial charge in [-0.25, -0.2) is 4.98 Å². The van der Waals surface area contributed by atoms with E-state index in [-0.39, 0.29) is 0 Å². The second kappa shape index (κ2) is 5.59. The molecule has 0 aromatic carbocycles. The van der Waals surface area contributed by atoms with E-state index in [2.05, 4.69) is 49.0 Å². The van der Waals surface area contributed by atoms with Gasteiger partial charge in [-0.15, -0.1) is 0 Å². The second-order valence-electron chi connectivity index (χ2n) is 4.85. The minimum Gasteiger partial charge on any atom is -0.356 e. The van der Waals surface area contributed by atoms with Crippen molar-refractivity contribution in [3.8, 4) is 6.07 Å². The molecule has 3 heterocycles. The highest BCUT2D eigenvalue weighted by Gasteiger charge is 2.25. The fourth-order valence-corrected chi connectivity index (χ4v) is 2.87. The predicted molar refractivity (Wildman–Crippen MR) is 80.5 cm³/mol. The molecule has 2 aromatic rings. The Morgan fingerprint density at radius 1 is 1.35 bits per heavy atom. The third-order valence-corrected chi connectivity index (χ3v) is 4.28. The molecule has 0 radical (unpaired) electrons. The van der Waals surface area contributed by atoms with Crippen LogP contribution in [0, 0.1) is 11.3 Å². The summed E-state index contributed by atoms with van der Waals surface area (Å²) in [5.74, 6) is 1.38. The first-order chi connectivity index (χ1) is 9.78. The molecule has 2 aromatic heterocycles. The van der Waals surface area contributed by atoms with E-state index in [0.29, 0.717) is 11.5 Å². The number of pyridine rings is 2. The molecular formula is C15H13BrN4. The number of nitrogens with zero attached hydrogens (tertiary/aromatic N) is 4. The SMILES string of the molecule is N#Cc1cc(N2CCC(c3ccncc3)C2)ncc1Br. The fraction of sp³-hybridized carbons (Fsp3) is 0.267. The molecule has 1 aliphatic heterocycles. The highest BCUT2D eigenvalue weighted by molar-refractivity contribution is 9.10. The van der Waals surface area contributed by atoms with Gasteiger partial charge in [0.15, 0.2) is 0 Å². The molecular weight excluding hydrogens is 316 g/mol. The van der Waals surface area contributed by atoms with Crippen LogP contribution in [0.1, 0.15) is 23.5 Å². The Labute approximate surface area is 126 Å². The smallest absolute Gasteiger partial charge is 0.129 e. The topological polar surface area (TPSA) is 52.8 Å². The summed E-state index contributed by atoms with van der Waals surface area (Å²) in [7, 11) is 0. The number of aromatic nitrogens is 2. The Morgan fingerprint density at radius 3 is 2.90 bits per heavy atom. The number of hydrogen-bond donors (Lipinski definition) is 0. The highest BCUT2D eigenvalue weighted by Crippen LogP contribution is 2.30. The van der Waals surface area contributed by atoms with Crippen LogP contribution in [-0.2, 0) is 0 Å². The van der Waals surface area contributed by atoms with Crippen molar-refractivity contribution in [2.75, 3.05) is 18.0 Å². The van der Waals surface area contributed by atoms with Gasteiger partial charge in [0, 0.05) is 37.6 Å². The van der Waals surface area contributed by atoms with E-state index in [4.69, 9.17) is 5.26 Å². The van der Waals surface area contributed by atoms with E-state index in [9.17, 15) is 0 Å². The number of halogens is 1. The maximum atomic E-state index is 9.08. The first kappa shape index (κ1) is 13.1. The molecule has 1 aliphatic rings. The molecule has 1 saturated heterocycles. The molecule has 3 rings (SSSR count). The summed E-state index contributed by atoms with van der Waals surface area (Å²) in [4.78, 5) is 10.7. The van der Waals surface area contributed by atoms with Gasteiger partial charge >= 0.3 is 0 Å². The first-order valence-electron chi connectivity index (χ1n) is 6.48. The molecule has 20 heavy (non-hydrogen) atoms. The lowest BCUT2D eigenvalue weighted by atomic mass is 10.00. The minimum atomic E-state index is 0.508. The average molecular weight is 329 g/mol.